The molecule has 1 saturated carbocycles. The quantitative estimate of drug-likeness (QED) is 0.944. The monoisotopic (exact) mass is 301 g/mol. The Kier molecular flexibility index (Phi) is 3.70. The van der Waals surface area contributed by atoms with Crippen molar-refractivity contribution in [1.29, 1.82) is 0 Å². The van der Waals surface area contributed by atoms with E-state index in [-0.39, 0.29) is 17.7 Å². The van der Waals surface area contributed by atoms with Gasteiger partial charge in [-0.2, -0.15) is 4.99 Å². The fourth-order valence-corrected chi connectivity index (χ4v) is 2.60. The number of rotatable bonds is 3. The fraction of sp³-hybridized carbons (Fsp3) is 0.267. The van der Waals surface area contributed by atoms with Crippen molar-refractivity contribution in [3.63, 3.8) is 0 Å². The number of carbonyl (C=O) groups excluding carboxylic acids is 2. The Morgan fingerprint density at radius 2 is 2.00 bits per heavy atom. The number of aryl methyl sites for hydroxylation is 1. The van der Waals surface area contributed by atoms with Gasteiger partial charge in [-0.25, -0.2) is 0 Å². The molecule has 2 aromatic rings. The van der Waals surface area contributed by atoms with E-state index in [0.29, 0.717) is 16.1 Å². The lowest BCUT2D eigenvalue weighted by atomic mass is 10.2. The van der Waals surface area contributed by atoms with Crippen LogP contribution in [0.15, 0.2) is 40.8 Å². The molecule has 0 saturated heterocycles. The Labute approximate surface area is 126 Å². The highest BCUT2D eigenvalue weighted by Crippen LogP contribution is 2.30. The summed E-state index contributed by atoms with van der Waals surface area (Å²) in [6.07, 6.45) is 3.80. The average molecular weight is 301 g/mol. The maximum Gasteiger partial charge on any atom is 0.279 e. The van der Waals surface area contributed by atoms with Gasteiger partial charge < -0.3 is 9.88 Å². The second kappa shape index (κ2) is 5.65. The second-order valence-electron chi connectivity index (χ2n) is 5.05. The van der Waals surface area contributed by atoms with E-state index in [1.165, 1.54) is 11.3 Å². The molecule has 1 aromatic heterocycles. The number of nitrogens with one attached hydrogen (secondary N) is 1. The molecule has 2 amide bonds. The molecule has 21 heavy (non-hydrogen) atoms. The molecule has 1 aliphatic rings. The van der Waals surface area contributed by atoms with Gasteiger partial charge in [0.1, 0.15) is 0 Å². The Hall–Kier alpha value is -2.21. The van der Waals surface area contributed by atoms with Gasteiger partial charge in [-0.05, 0) is 37.1 Å². The van der Waals surface area contributed by atoms with E-state index < -0.39 is 0 Å². The number of amides is 2. The summed E-state index contributed by atoms with van der Waals surface area (Å²) in [5.74, 6) is -0.0577. The van der Waals surface area contributed by atoms with Crippen LogP contribution in [0.3, 0.4) is 0 Å². The zero-order chi connectivity index (χ0) is 14.8. The zero-order valence-corrected chi connectivity index (χ0v) is 12.4. The Balaban J connectivity index is 1.73. The summed E-state index contributed by atoms with van der Waals surface area (Å²) in [6.45, 7) is 0. The minimum atomic E-state index is -0.284. The molecular weight excluding hydrogens is 286 g/mol. The third-order valence-corrected chi connectivity index (χ3v) is 4.15. The summed E-state index contributed by atoms with van der Waals surface area (Å²) >= 11 is 1.41. The minimum Gasteiger partial charge on any atom is -0.327 e. The first-order valence-electron chi connectivity index (χ1n) is 6.73. The van der Waals surface area contributed by atoms with Crippen molar-refractivity contribution in [2.24, 2.45) is 18.0 Å². The van der Waals surface area contributed by atoms with Gasteiger partial charge in [-0.15, -0.1) is 11.3 Å². The van der Waals surface area contributed by atoms with Gasteiger partial charge in [0.2, 0.25) is 5.91 Å². The van der Waals surface area contributed by atoms with E-state index in [9.17, 15) is 9.59 Å². The molecule has 1 aliphatic carbocycles. The number of hydrogen-bond acceptors (Lipinski definition) is 3. The highest BCUT2D eigenvalue weighted by Gasteiger charge is 2.29. The lowest BCUT2D eigenvalue weighted by Gasteiger charge is -2.04. The van der Waals surface area contributed by atoms with Crippen LogP contribution in [0.5, 0.6) is 0 Å². The Morgan fingerprint density at radius 3 is 2.57 bits per heavy atom. The molecule has 108 valence electrons. The molecule has 1 N–H and O–H groups in total. The van der Waals surface area contributed by atoms with Crippen molar-refractivity contribution in [2.45, 2.75) is 12.8 Å². The number of carbonyl (C=O) groups is 2. The predicted octanol–water partition coefficient (Wildman–Crippen LogP) is 2.18. The molecule has 0 atom stereocenters. The Bertz CT molecular complexity index is 739. The topological polar surface area (TPSA) is 63.5 Å². The molecule has 3 rings (SSSR count). The molecular formula is C15H15N3O2S. The zero-order valence-electron chi connectivity index (χ0n) is 11.6. The first kappa shape index (κ1) is 13.8. The second-order valence-corrected chi connectivity index (χ2v) is 5.93. The number of hydrogen-bond donors (Lipinski definition) is 1. The fourth-order valence-electron chi connectivity index (χ4n) is 1.87. The first-order chi connectivity index (χ1) is 10.1. The number of nitrogens with zero attached hydrogens (tertiary/aromatic N) is 2. The van der Waals surface area contributed by atoms with Gasteiger partial charge in [-0.3, -0.25) is 9.59 Å². The van der Waals surface area contributed by atoms with Gasteiger partial charge >= 0.3 is 0 Å². The summed E-state index contributed by atoms with van der Waals surface area (Å²) in [6, 6.07) is 6.83. The highest BCUT2D eigenvalue weighted by atomic mass is 32.1. The Morgan fingerprint density at radius 1 is 1.29 bits per heavy atom. The van der Waals surface area contributed by atoms with Crippen LogP contribution >= 0.6 is 11.3 Å². The van der Waals surface area contributed by atoms with Crippen LogP contribution in [0.25, 0.3) is 0 Å². The van der Waals surface area contributed by atoms with Crippen LogP contribution in [0, 0.1) is 5.92 Å². The van der Waals surface area contributed by atoms with E-state index in [4.69, 9.17) is 0 Å². The molecule has 1 fully saturated rings. The molecule has 1 heterocycles. The van der Waals surface area contributed by atoms with E-state index in [1.807, 2.05) is 18.6 Å². The number of aromatic nitrogens is 1. The summed E-state index contributed by atoms with van der Waals surface area (Å²) in [5.41, 5.74) is 1.22. The molecule has 5 nitrogen and oxygen atoms in total. The maximum atomic E-state index is 12.1. The van der Waals surface area contributed by atoms with Crippen molar-refractivity contribution in [3.8, 4) is 0 Å². The lowest BCUT2D eigenvalue weighted by Crippen LogP contribution is -2.14. The van der Waals surface area contributed by atoms with E-state index in [2.05, 4.69) is 10.3 Å². The third-order valence-electron chi connectivity index (χ3n) is 3.30. The summed E-state index contributed by atoms with van der Waals surface area (Å²) in [7, 11) is 1.85. The predicted molar refractivity (Wildman–Crippen MR) is 81.0 cm³/mol. The molecule has 1 aromatic carbocycles. The van der Waals surface area contributed by atoms with E-state index in [1.54, 1.807) is 28.8 Å². The van der Waals surface area contributed by atoms with Crippen LogP contribution in [-0.2, 0) is 11.8 Å². The standard InChI is InChI=1S/C15H15N3O2S/c1-18-8-9-21-15(18)17-14(20)11-4-6-12(7-5-11)16-13(19)10-2-3-10/h4-10H,2-3H2,1H3,(H,16,19). The highest BCUT2D eigenvalue weighted by molar-refractivity contribution is 7.07. The smallest absolute Gasteiger partial charge is 0.279 e. The van der Waals surface area contributed by atoms with Crippen LogP contribution in [0.2, 0.25) is 0 Å². The van der Waals surface area contributed by atoms with Crippen LogP contribution in [0.1, 0.15) is 23.2 Å². The van der Waals surface area contributed by atoms with Gasteiger partial charge in [0.15, 0.2) is 4.80 Å². The van der Waals surface area contributed by atoms with E-state index >= 15 is 0 Å². The minimum absolute atomic E-state index is 0.0596. The van der Waals surface area contributed by atoms with Gasteiger partial charge in [0.05, 0.1) is 0 Å². The van der Waals surface area contributed by atoms with Crippen LogP contribution < -0.4 is 10.1 Å². The lowest BCUT2D eigenvalue weighted by molar-refractivity contribution is -0.117. The normalized spacial score (nSPS) is 15.0. The van der Waals surface area contributed by atoms with Crippen molar-refractivity contribution in [2.75, 3.05) is 5.32 Å². The SMILES string of the molecule is Cn1ccsc1=NC(=O)c1ccc(NC(=O)C2CC2)cc1. The number of anilines is 1. The average Bonchev–Trinajstić information content (AvgIpc) is 3.25. The number of thiazole rings is 1. The van der Waals surface area contributed by atoms with Gasteiger partial charge in [0, 0.05) is 35.8 Å². The molecule has 0 unspecified atom stereocenters. The largest absolute Gasteiger partial charge is 0.327 e. The van der Waals surface area contributed by atoms with Gasteiger partial charge in [-0.1, -0.05) is 0 Å². The van der Waals surface area contributed by atoms with E-state index in [0.717, 1.165) is 12.8 Å². The first-order valence-corrected chi connectivity index (χ1v) is 7.61. The molecule has 0 spiro atoms. The summed E-state index contributed by atoms with van der Waals surface area (Å²) < 4.78 is 1.80. The molecule has 0 bridgehead atoms. The van der Waals surface area contributed by atoms with Crippen molar-refractivity contribution < 1.29 is 9.59 Å². The summed E-state index contributed by atoms with van der Waals surface area (Å²) in [5, 5.41) is 4.72. The summed E-state index contributed by atoms with van der Waals surface area (Å²) in [4.78, 5) is 28.4. The molecule has 0 radical (unpaired) electrons. The van der Waals surface area contributed by atoms with Crippen molar-refractivity contribution >= 4 is 28.8 Å². The van der Waals surface area contributed by atoms with Gasteiger partial charge in [0.25, 0.3) is 5.91 Å². The molecule has 6 heteroatoms. The van der Waals surface area contributed by atoms with Crippen molar-refractivity contribution in [3.05, 3.63) is 46.2 Å². The van der Waals surface area contributed by atoms with Crippen LogP contribution in [0.4, 0.5) is 5.69 Å². The third kappa shape index (κ3) is 3.28. The molecule has 0 aliphatic heterocycles. The van der Waals surface area contributed by atoms with Crippen LogP contribution in [-0.4, -0.2) is 16.4 Å². The number of benzene rings is 1. The maximum absolute atomic E-state index is 12.1. The van der Waals surface area contributed by atoms with Crippen molar-refractivity contribution in [1.82, 2.24) is 4.57 Å².